The van der Waals surface area contributed by atoms with E-state index in [4.69, 9.17) is 0 Å². The van der Waals surface area contributed by atoms with Crippen LogP contribution in [0.5, 0.6) is 0 Å². The van der Waals surface area contributed by atoms with Crippen LogP contribution in [0.1, 0.15) is 27.7 Å². The normalized spacial score (nSPS) is 27.4. The second kappa shape index (κ2) is 4.72. The van der Waals surface area contributed by atoms with Crippen molar-refractivity contribution in [3.05, 3.63) is 0 Å². The highest BCUT2D eigenvalue weighted by atomic mass is 19.4. The molecule has 0 spiro atoms. The van der Waals surface area contributed by atoms with E-state index in [1.54, 1.807) is 27.7 Å². The van der Waals surface area contributed by atoms with Gasteiger partial charge in [0.1, 0.15) is 6.04 Å². The predicted molar refractivity (Wildman–Crippen MR) is 63.1 cm³/mol. The lowest BCUT2D eigenvalue weighted by Gasteiger charge is -2.45. The monoisotopic (exact) mass is 266 g/mol. The summed E-state index contributed by atoms with van der Waals surface area (Å²) in [5.74, 6) is -0.225. The molecule has 0 aliphatic carbocycles. The highest BCUT2D eigenvalue weighted by Crippen LogP contribution is 2.30. The third-order valence-electron chi connectivity index (χ3n) is 3.37. The number of carbonyl (C=O) groups excluding carboxylic acids is 1. The van der Waals surface area contributed by atoms with Crippen molar-refractivity contribution in [1.82, 2.24) is 9.80 Å². The molecule has 1 saturated heterocycles. The van der Waals surface area contributed by atoms with Gasteiger partial charge in [0.25, 0.3) is 0 Å². The zero-order valence-corrected chi connectivity index (χ0v) is 11.5. The first-order chi connectivity index (χ1) is 7.94. The maximum absolute atomic E-state index is 12.9. The Morgan fingerprint density at radius 1 is 1.17 bits per heavy atom. The van der Waals surface area contributed by atoms with Gasteiger partial charge in [-0.1, -0.05) is 20.8 Å². The van der Waals surface area contributed by atoms with E-state index < -0.39 is 17.6 Å². The van der Waals surface area contributed by atoms with Crippen molar-refractivity contribution in [3.63, 3.8) is 0 Å². The number of likely N-dealkylation sites (N-methyl/N-ethyl adjacent to an activating group) is 1. The molecular formula is C12H21F3N2O. The summed E-state index contributed by atoms with van der Waals surface area (Å²) in [6.07, 6.45) is -4.31. The van der Waals surface area contributed by atoms with Crippen LogP contribution in [0.4, 0.5) is 13.2 Å². The molecule has 1 aliphatic rings. The van der Waals surface area contributed by atoms with Crippen molar-refractivity contribution >= 4 is 5.91 Å². The molecule has 2 atom stereocenters. The van der Waals surface area contributed by atoms with Crippen LogP contribution in [-0.4, -0.2) is 54.1 Å². The topological polar surface area (TPSA) is 23.6 Å². The van der Waals surface area contributed by atoms with Gasteiger partial charge in [-0.2, -0.15) is 13.2 Å². The summed E-state index contributed by atoms with van der Waals surface area (Å²) in [4.78, 5) is 14.7. The Kier molecular flexibility index (Phi) is 4.00. The molecule has 0 saturated carbocycles. The Hall–Kier alpha value is -0.780. The van der Waals surface area contributed by atoms with Gasteiger partial charge in [0.05, 0.1) is 0 Å². The molecule has 0 aromatic heterocycles. The number of rotatable bonds is 0. The summed E-state index contributed by atoms with van der Waals surface area (Å²) in [5, 5.41) is 0. The Balaban J connectivity index is 2.90. The van der Waals surface area contributed by atoms with Gasteiger partial charge in [-0.3, -0.25) is 9.69 Å². The first-order valence-electron chi connectivity index (χ1n) is 6.02. The summed E-state index contributed by atoms with van der Waals surface area (Å²) in [6, 6.07) is -1.87. The van der Waals surface area contributed by atoms with Crippen molar-refractivity contribution in [3.8, 4) is 0 Å². The SMILES string of the molecule is CC1CN(C(=O)C(C)(C)C)CC(C(F)(F)F)N1C. The summed E-state index contributed by atoms with van der Waals surface area (Å²) < 4.78 is 38.8. The molecule has 1 aliphatic heterocycles. The number of hydrogen-bond acceptors (Lipinski definition) is 2. The minimum Gasteiger partial charge on any atom is -0.339 e. The van der Waals surface area contributed by atoms with Crippen LogP contribution in [0.2, 0.25) is 0 Å². The van der Waals surface area contributed by atoms with Crippen LogP contribution in [0, 0.1) is 5.41 Å². The number of amides is 1. The molecule has 1 heterocycles. The number of alkyl halides is 3. The molecule has 2 unspecified atom stereocenters. The van der Waals surface area contributed by atoms with E-state index in [9.17, 15) is 18.0 Å². The maximum atomic E-state index is 12.9. The molecule has 0 aromatic carbocycles. The second-order valence-corrected chi connectivity index (χ2v) is 6.03. The summed E-state index contributed by atoms with van der Waals surface area (Å²) in [5.41, 5.74) is -0.647. The van der Waals surface area contributed by atoms with Crippen LogP contribution in [0.15, 0.2) is 0 Å². The summed E-state index contributed by atoms with van der Waals surface area (Å²) >= 11 is 0. The number of carbonyl (C=O) groups is 1. The molecule has 0 bridgehead atoms. The fourth-order valence-corrected chi connectivity index (χ4v) is 2.14. The molecule has 0 aromatic rings. The van der Waals surface area contributed by atoms with Gasteiger partial charge >= 0.3 is 6.18 Å². The zero-order chi connectivity index (χ0) is 14.3. The lowest BCUT2D eigenvalue weighted by Crippen LogP contribution is -2.63. The Morgan fingerprint density at radius 3 is 2.06 bits per heavy atom. The third kappa shape index (κ3) is 3.16. The highest BCUT2D eigenvalue weighted by molar-refractivity contribution is 5.81. The fraction of sp³-hybridized carbons (Fsp3) is 0.917. The highest BCUT2D eigenvalue weighted by Gasteiger charge is 2.48. The van der Waals surface area contributed by atoms with E-state index in [-0.39, 0.29) is 18.5 Å². The number of nitrogens with zero attached hydrogens (tertiary/aromatic N) is 2. The second-order valence-electron chi connectivity index (χ2n) is 6.03. The molecule has 106 valence electrons. The summed E-state index contributed by atoms with van der Waals surface area (Å²) in [7, 11) is 1.46. The zero-order valence-electron chi connectivity index (χ0n) is 11.5. The van der Waals surface area contributed by atoms with E-state index in [1.807, 2.05) is 0 Å². The largest absolute Gasteiger partial charge is 0.405 e. The van der Waals surface area contributed by atoms with Crippen LogP contribution >= 0.6 is 0 Å². The van der Waals surface area contributed by atoms with Gasteiger partial charge in [-0.25, -0.2) is 0 Å². The molecule has 1 rings (SSSR count). The molecule has 1 fully saturated rings. The van der Waals surface area contributed by atoms with E-state index in [2.05, 4.69) is 0 Å². The Bertz CT molecular complexity index is 322. The Labute approximate surface area is 106 Å². The average Bonchev–Trinajstić information content (AvgIpc) is 2.17. The first-order valence-corrected chi connectivity index (χ1v) is 6.02. The lowest BCUT2D eigenvalue weighted by atomic mass is 9.93. The first kappa shape index (κ1) is 15.3. The summed E-state index contributed by atoms with van der Waals surface area (Å²) in [6.45, 7) is 6.95. The van der Waals surface area contributed by atoms with Gasteiger partial charge < -0.3 is 4.90 Å². The van der Waals surface area contributed by atoms with Crippen molar-refractivity contribution in [2.75, 3.05) is 20.1 Å². The maximum Gasteiger partial charge on any atom is 0.405 e. The van der Waals surface area contributed by atoms with E-state index in [0.717, 1.165) is 0 Å². The predicted octanol–water partition coefficient (Wildman–Crippen LogP) is 2.13. The van der Waals surface area contributed by atoms with Crippen LogP contribution in [0.25, 0.3) is 0 Å². The van der Waals surface area contributed by atoms with Crippen LogP contribution in [-0.2, 0) is 4.79 Å². The molecular weight excluding hydrogens is 245 g/mol. The van der Waals surface area contributed by atoms with Crippen LogP contribution < -0.4 is 0 Å². The lowest BCUT2D eigenvalue weighted by molar-refractivity contribution is -0.202. The van der Waals surface area contributed by atoms with Crippen LogP contribution in [0.3, 0.4) is 0 Å². The van der Waals surface area contributed by atoms with E-state index in [1.165, 1.54) is 16.8 Å². The van der Waals surface area contributed by atoms with E-state index >= 15 is 0 Å². The Morgan fingerprint density at radius 2 is 1.67 bits per heavy atom. The number of piperazine rings is 1. The van der Waals surface area contributed by atoms with Gasteiger partial charge in [-0.15, -0.1) is 0 Å². The van der Waals surface area contributed by atoms with E-state index in [0.29, 0.717) is 6.54 Å². The molecule has 1 amide bonds. The van der Waals surface area contributed by atoms with Gasteiger partial charge in [0, 0.05) is 24.5 Å². The molecule has 0 radical (unpaired) electrons. The molecule has 18 heavy (non-hydrogen) atoms. The standard InChI is InChI=1S/C12H21F3N2O/c1-8-6-17(10(18)11(2,3)4)7-9(16(8)5)12(13,14)15/h8-9H,6-7H2,1-5H3. The van der Waals surface area contributed by atoms with Crippen molar-refractivity contribution in [2.45, 2.75) is 46.0 Å². The fourth-order valence-electron chi connectivity index (χ4n) is 2.14. The molecule has 6 heteroatoms. The molecule has 0 N–H and O–H groups in total. The van der Waals surface area contributed by atoms with Gasteiger partial charge in [-0.05, 0) is 14.0 Å². The van der Waals surface area contributed by atoms with Crippen molar-refractivity contribution in [2.24, 2.45) is 5.41 Å². The van der Waals surface area contributed by atoms with Crippen molar-refractivity contribution in [1.29, 1.82) is 0 Å². The quantitative estimate of drug-likeness (QED) is 0.670. The van der Waals surface area contributed by atoms with Gasteiger partial charge in [0.2, 0.25) is 5.91 Å². The number of halogens is 3. The minimum atomic E-state index is -4.31. The average molecular weight is 266 g/mol. The smallest absolute Gasteiger partial charge is 0.339 e. The third-order valence-corrected chi connectivity index (χ3v) is 3.37. The number of hydrogen-bond donors (Lipinski definition) is 0. The van der Waals surface area contributed by atoms with Gasteiger partial charge in [0.15, 0.2) is 0 Å². The molecule has 3 nitrogen and oxygen atoms in total. The van der Waals surface area contributed by atoms with Crippen molar-refractivity contribution < 1.29 is 18.0 Å². The minimum absolute atomic E-state index is 0.225.